The van der Waals surface area contributed by atoms with Gasteiger partial charge in [-0.1, -0.05) is 23.7 Å². The molecule has 1 fully saturated rings. The summed E-state index contributed by atoms with van der Waals surface area (Å²) in [7, 11) is 0. The van der Waals surface area contributed by atoms with Crippen molar-refractivity contribution >= 4 is 29.2 Å². The Balaban J connectivity index is 1.55. The molecule has 1 atom stereocenters. The fourth-order valence-corrected chi connectivity index (χ4v) is 2.64. The number of anilines is 1. The number of carbonyl (C=O) groups excluding carboxylic acids is 2. The first-order valence-corrected chi connectivity index (χ1v) is 8.89. The van der Waals surface area contributed by atoms with Gasteiger partial charge in [0.05, 0.1) is 16.7 Å². The third-order valence-electron chi connectivity index (χ3n) is 4.09. The van der Waals surface area contributed by atoms with E-state index in [-0.39, 0.29) is 24.1 Å². The lowest BCUT2D eigenvalue weighted by atomic mass is 10.1. The molecule has 0 spiro atoms. The van der Waals surface area contributed by atoms with Gasteiger partial charge >= 0.3 is 6.03 Å². The maximum atomic E-state index is 12.9. The predicted octanol–water partition coefficient (Wildman–Crippen LogP) is 3.23. The van der Waals surface area contributed by atoms with E-state index in [9.17, 15) is 19.1 Å². The van der Waals surface area contributed by atoms with Crippen LogP contribution in [-0.2, 0) is 0 Å². The number of benzene rings is 2. The molecule has 0 heterocycles. The summed E-state index contributed by atoms with van der Waals surface area (Å²) in [6.45, 7) is -0.0555. The lowest BCUT2D eigenvalue weighted by Gasteiger charge is -2.14. The molecule has 27 heavy (non-hydrogen) atoms. The average molecular weight is 392 g/mol. The monoisotopic (exact) mass is 391 g/mol. The number of aliphatic hydroxyl groups is 1. The van der Waals surface area contributed by atoms with Crippen molar-refractivity contribution in [3.05, 3.63) is 64.4 Å². The molecule has 1 aliphatic rings. The van der Waals surface area contributed by atoms with Gasteiger partial charge in [-0.05, 0) is 48.7 Å². The van der Waals surface area contributed by atoms with Gasteiger partial charge in [0, 0.05) is 18.3 Å². The maximum absolute atomic E-state index is 12.9. The Bertz CT molecular complexity index is 841. The minimum atomic E-state index is -0.971. The van der Waals surface area contributed by atoms with E-state index < -0.39 is 18.0 Å². The van der Waals surface area contributed by atoms with Gasteiger partial charge in [-0.3, -0.25) is 4.79 Å². The highest BCUT2D eigenvalue weighted by molar-refractivity contribution is 6.34. The summed E-state index contributed by atoms with van der Waals surface area (Å²) in [6, 6.07) is 9.62. The molecule has 0 aliphatic heterocycles. The van der Waals surface area contributed by atoms with Gasteiger partial charge in [0.25, 0.3) is 5.91 Å². The van der Waals surface area contributed by atoms with Crippen LogP contribution in [0.1, 0.15) is 34.9 Å². The van der Waals surface area contributed by atoms with Gasteiger partial charge in [-0.2, -0.15) is 0 Å². The molecule has 1 saturated carbocycles. The van der Waals surface area contributed by atoms with Crippen LogP contribution >= 0.6 is 11.6 Å². The summed E-state index contributed by atoms with van der Waals surface area (Å²) in [5.41, 5.74) is 1.17. The number of carbonyl (C=O) groups is 2. The number of aliphatic hydroxyl groups excluding tert-OH is 1. The van der Waals surface area contributed by atoms with Crippen LogP contribution in [0, 0.1) is 5.82 Å². The fourth-order valence-electron chi connectivity index (χ4n) is 2.44. The van der Waals surface area contributed by atoms with Crippen molar-refractivity contribution in [1.82, 2.24) is 10.6 Å². The molecule has 142 valence electrons. The zero-order valence-electron chi connectivity index (χ0n) is 14.3. The van der Waals surface area contributed by atoms with Crippen LogP contribution in [0.2, 0.25) is 5.02 Å². The molecule has 0 radical (unpaired) electrons. The summed E-state index contributed by atoms with van der Waals surface area (Å²) in [6.07, 6.45) is 0.946. The van der Waals surface area contributed by atoms with Gasteiger partial charge in [-0.15, -0.1) is 0 Å². The molecule has 2 aromatic carbocycles. The van der Waals surface area contributed by atoms with Crippen LogP contribution in [-0.4, -0.2) is 29.6 Å². The molecule has 3 amide bonds. The van der Waals surface area contributed by atoms with E-state index in [4.69, 9.17) is 11.6 Å². The Hall–Kier alpha value is -2.64. The van der Waals surface area contributed by atoms with Crippen LogP contribution < -0.4 is 16.0 Å². The van der Waals surface area contributed by atoms with E-state index in [1.165, 1.54) is 36.4 Å². The van der Waals surface area contributed by atoms with Crippen LogP contribution in [0.5, 0.6) is 0 Å². The first kappa shape index (κ1) is 19.1. The normalized spacial score (nSPS) is 14.3. The number of urea groups is 1. The van der Waals surface area contributed by atoms with E-state index in [2.05, 4.69) is 16.0 Å². The third-order valence-corrected chi connectivity index (χ3v) is 4.42. The first-order valence-electron chi connectivity index (χ1n) is 8.51. The van der Waals surface area contributed by atoms with Crippen molar-refractivity contribution in [2.75, 3.05) is 11.9 Å². The lowest BCUT2D eigenvalue weighted by molar-refractivity contribution is 0.0951. The average Bonchev–Trinajstić information content (AvgIpc) is 3.46. The molecule has 1 unspecified atom stereocenters. The van der Waals surface area contributed by atoms with E-state index in [1.54, 1.807) is 6.07 Å². The SMILES string of the molecule is O=C(NCC(O)c1ccc(F)cc1)Nc1ccc(Cl)c(C(=O)NC2CC2)c1. The molecule has 1 aliphatic carbocycles. The van der Waals surface area contributed by atoms with Crippen LogP contribution in [0.15, 0.2) is 42.5 Å². The van der Waals surface area contributed by atoms with E-state index in [0.717, 1.165) is 12.8 Å². The van der Waals surface area contributed by atoms with Gasteiger partial charge in [0.1, 0.15) is 5.82 Å². The Labute approximate surface area is 160 Å². The highest BCUT2D eigenvalue weighted by Crippen LogP contribution is 2.24. The second-order valence-corrected chi connectivity index (χ2v) is 6.75. The van der Waals surface area contributed by atoms with Gasteiger partial charge in [-0.25, -0.2) is 9.18 Å². The summed E-state index contributed by atoms with van der Waals surface area (Å²) >= 11 is 6.06. The van der Waals surface area contributed by atoms with Gasteiger partial charge in [0.15, 0.2) is 0 Å². The quantitative estimate of drug-likeness (QED) is 0.609. The van der Waals surface area contributed by atoms with Crippen LogP contribution in [0.4, 0.5) is 14.9 Å². The van der Waals surface area contributed by atoms with Crippen molar-refractivity contribution in [2.24, 2.45) is 0 Å². The van der Waals surface area contributed by atoms with Crippen molar-refractivity contribution in [3.63, 3.8) is 0 Å². The molecular formula is C19H19ClFN3O3. The number of nitrogens with one attached hydrogen (secondary N) is 3. The molecule has 6 nitrogen and oxygen atoms in total. The Morgan fingerprint density at radius 1 is 1.19 bits per heavy atom. The van der Waals surface area contributed by atoms with Gasteiger partial charge < -0.3 is 21.1 Å². The molecule has 0 saturated heterocycles. The van der Waals surface area contributed by atoms with Crippen molar-refractivity contribution in [1.29, 1.82) is 0 Å². The number of halogens is 2. The Morgan fingerprint density at radius 3 is 2.56 bits per heavy atom. The summed E-state index contributed by atoms with van der Waals surface area (Å²) in [5, 5.41) is 18.3. The molecule has 3 rings (SSSR count). The zero-order chi connectivity index (χ0) is 19.4. The minimum Gasteiger partial charge on any atom is -0.387 e. The molecule has 4 N–H and O–H groups in total. The molecule has 8 heteroatoms. The third kappa shape index (κ3) is 5.42. The molecular weight excluding hydrogens is 373 g/mol. The number of amides is 3. The van der Waals surface area contributed by atoms with Crippen molar-refractivity contribution in [3.8, 4) is 0 Å². The highest BCUT2D eigenvalue weighted by Gasteiger charge is 2.25. The smallest absolute Gasteiger partial charge is 0.319 e. The second kappa shape index (κ2) is 8.37. The first-order chi connectivity index (χ1) is 12.9. The highest BCUT2D eigenvalue weighted by atomic mass is 35.5. The minimum absolute atomic E-state index is 0.0555. The molecule has 2 aromatic rings. The topological polar surface area (TPSA) is 90.5 Å². The summed E-state index contributed by atoms with van der Waals surface area (Å²) in [5.74, 6) is -0.681. The zero-order valence-corrected chi connectivity index (χ0v) is 15.1. The lowest BCUT2D eigenvalue weighted by Crippen LogP contribution is -2.32. The fraction of sp³-hybridized carbons (Fsp3) is 0.263. The molecule has 0 aromatic heterocycles. The number of hydrogen-bond acceptors (Lipinski definition) is 3. The van der Waals surface area contributed by atoms with E-state index in [1.807, 2.05) is 0 Å². The van der Waals surface area contributed by atoms with E-state index >= 15 is 0 Å². The Kier molecular flexibility index (Phi) is 5.93. The predicted molar refractivity (Wildman–Crippen MR) is 100 cm³/mol. The number of rotatable bonds is 6. The Morgan fingerprint density at radius 2 is 1.89 bits per heavy atom. The molecule has 0 bridgehead atoms. The van der Waals surface area contributed by atoms with Crippen LogP contribution in [0.25, 0.3) is 0 Å². The van der Waals surface area contributed by atoms with Crippen molar-refractivity contribution in [2.45, 2.75) is 25.0 Å². The van der Waals surface area contributed by atoms with Crippen molar-refractivity contribution < 1.29 is 19.1 Å². The maximum Gasteiger partial charge on any atom is 0.319 e. The van der Waals surface area contributed by atoms with E-state index in [0.29, 0.717) is 16.3 Å². The van der Waals surface area contributed by atoms with Crippen LogP contribution in [0.3, 0.4) is 0 Å². The second-order valence-electron chi connectivity index (χ2n) is 6.34. The number of hydrogen-bond donors (Lipinski definition) is 4. The standard InChI is InChI=1S/C19H19ClFN3O3/c20-16-8-7-14(9-15(16)18(26)23-13-5-6-13)24-19(27)22-10-17(25)11-1-3-12(21)4-2-11/h1-4,7-9,13,17,25H,5-6,10H2,(H,23,26)(H2,22,24,27). The largest absolute Gasteiger partial charge is 0.387 e. The summed E-state index contributed by atoms with van der Waals surface area (Å²) < 4.78 is 12.9. The summed E-state index contributed by atoms with van der Waals surface area (Å²) in [4.78, 5) is 24.2. The van der Waals surface area contributed by atoms with Gasteiger partial charge in [0.2, 0.25) is 0 Å².